The van der Waals surface area contributed by atoms with Gasteiger partial charge >= 0.3 is 0 Å². The molecule has 0 radical (unpaired) electrons. The lowest BCUT2D eigenvalue weighted by molar-refractivity contribution is 0.176. The van der Waals surface area contributed by atoms with Gasteiger partial charge in [-0.05, 0) is 12.1 Å². The zero-order chi connectivity index (χ0) is 14.2. The van der Waals surface area contributed by atoms with Gasteiger partial charge in [-0.3, -0.25) is 4.98 Å². The zero-order valence-corrected chi connectivity index (χ0v) is 11.7. The van der Waals surface area contributed by atoms with E-state index >= 15 is 0 Å². The minimum Gasteiger partial charge on any atom is -0.477 e. The normalized spacial score (nSPS) is 10.3. The van der Waals surface area contributed by atoms with Crippen molar-refractivity contribution in [1.29, 1.82) is 0 Å². The molecule has 1 N–H and O–H groups in total. The molecule has 0 atom stereocenters. The van der Waals surface area contributed by atoms with Gasteiger partial charge in [-0.15, -0.1) is 0 Å². The van der Waals surface area contributed by atoms with Gasteiger partial charge in [-0.25, -0.2) is 4.98 Å². The van der Waals surface area contributed by atoms with E-state index in [0.717, 1.165) is 12.1 Å². The van der Waals surface area contributed by atoms with E-state index in [2.05, 4.69) is 20.3 Å². The van der Waals surface area contributed by atoms with Crippen molar-refractivity contribution in [2.45, 2.75) is 13.0 Å². The third-order valence-corrected chi connectivity index (χ3v) is 2.61. The summed E-state index contributed by atoms with van der Waals surface area (Å²) >= 11 is 0. The summed E-state index contributed by atoms with van der Waals surface area (Å²) < 4.78 is 10.7. The van der Waals surface area contributed by atoms with Gasteiger partial charge in [0.1, 0.15) is 12.4 Å². The average Bonchev–Trinajstić information content (AvgIpc) is 2.48. The van der Waals surface area contributed by atoms with Crippen molar-refractivity contribution >= 4 is 5.82 Å². The molecule has 0 bridgehead atoms. The third-order valence-electron chi connectivity index (χ3n) is 2.61. The molecule has 0 unspecified atom stereocenters. The molecule has 0 saturated heterocycles. The van der Waals surface area contributed by atoms with Gasteiger partial charge in [0.2, 0.25) is 5.88 Å². The number of hydrogen-bond acceptors (Lipinski definition) is 6. The number of rotatable bonds is 7. The zero-order valence-electron chi connectivity index (χ0n) is 11.7. The number of hydrogen-bond donors (Lipinski definition) is 1. The molecular weight excluding hydrogens is 256 g/mol. The van der Waals surface area contributed by atoms with Crippen molar-refractivity contribution in [1.82, 2.24) is 15.0 Å². The second-order valence-corrected chi connectivity index (χ2v) is 4.11. The highest BCUT2D eigenvalue weighted by molar-refractivity contribution is 5.37. The van der Waals surface area contributed by atoms with Crippen molar-refractivity contribution in [2.24, 2.45) is 0 Å². The van der Waals surface area contributed by atoms with Gasteiger partial charge in [0, 0.05) is 38.5 Å². The van der Waals surface area contributed by atoms with Crippen LogP contribution in [0.25, 0.3) is 0 Å². The molecular formula is C14H18N4O2. The molecule has 0 amide bonds. The fourth-order valence-electron chi connectivity index (χ4n) is 1.67. The van der Waals surface area contributed by atoms with Gasteiger partial charge in [0.25, 0.3) is 0 Å². The minimum absolute atomic E-state index is 0.353. The monoisotopic (exact) mass is 274 g/mol. The first-order valence-electron chi connectivity index (χ1n) is 6.39. The van der Waals surface area contributed by atoms with E-state index in [9.17, 15) is 0 Å². The Kier molecular flexibility index (Phi) is 5.25. The summed E-state index contributed by atoms with van der Waals surface area (Å²) in [6.45, 7) is 0.871. The summed E-state index contributed by atoms with van der Waals surface area (Å²) in [6.07, 6.45) is 2.51. The summed E-state index contributed by atoms with van der Waals surface area (Å²) in [7, 11) is 3.41. The molecule has 2 rings (SSSR count). The molecule has 0 aliphatic carbocycles. The Bertz CT molecular complexity index is 534. The SMILES string of the molecule is CNc1cc(OCCc2ccccn2)nc(COC)n1. The fraction of sp³-hybridized carbons (Fsp3) is 0.357. The van der Waals surface area contributed by atoms with E-state index in [1.165, 1.54) is 0 Å². The third kappa shape index (κ3) is 4.17. The highest BCUT2D eigenvalue weighted by atomic mass is 16.5. The topological polar surface area (TPSA) is 69.2 Å². The van der Waals surface area contributed by atoms with Crippen molar-refractivity contribution < 1.29 is 9.47 Å². The van der Waals surface area contributed by atoms with Crippen LogP contribution in [-0.4, -0.2) is 35.7 Å². The van der Waals surface area contributed by atoms with Crippen molar-refractivity contribution in [2.75, 3.05) is 26.1 Å². The van der Waals surface area contributed by atoms with Crippen LogP contribution in [0.2, 0.25) is 0 Å². The van der Waals surface area contributed by atoms with E-state index in [1.54, 1.807) is 26.4 Å². The number of pyridine rings is 1. The second kappa shape index (κ2) is 7.40. The summed E-state index contributed by atoms with van der Waals surface area (Å²) in [4.78, 5) is 12.8. The number of methoxy groups -OCH3 is 1. The van der Waals surface area contributed by atoms with E-state index in [4.69, 9.17) is 9.47 Å². The summed E-state index contributed by atoms with van der Waals surface area (Å²) in [5.41, 5.74) is 0.993. The molecule has 0 spiro atoms. The smallest absolute Gasteiger partial charge is 0.218 e. The Labute approximate surface area is 118 Å². The van der Waals surface area contributed by atoms with E-state index < -0.39 is 0 Å². The van der Waals surface area contributed by atoms with Crippen LogP contribution in [0.3, 0.4) is 0 Å². The maximum absolute atomic E-state index is 5.65. The molecule has 106 valence electrons. The van der Waals surface area contributed by atoms with Crippen LogP contribution in [0.4, 0.5) is 5.82 Å². The molecule has 0 aromatic carbocycles. The van der Waals surface area contributed by atoms with Crippen LogP contribution in [-0.2, 0) is 17.8 Å². The second-order valence-electron chi connectivity index (χ2n) is 4.11. The quantitative estimate of drug-likeness (QED) is 0.828. The molecule has 2 aromatic heterocycles. The lowest BCUT2D eigenvalue weighted by atomic mass is 10.3. The molecule has 6 nitrogen and oxygen atoms in total. The fourth-order valence-corrected chi connectivity index (χ4v) is 1.67. The molecule has 0 aliphatic rings. The maximum Gasteiger partial charge on any atom is 0.218 e. The Morgan fingerprint density at radius 2 is 2.15 bits per heavy atom. The van der Waals surface area contributed by atoms with Gasteiger partial charge < -0.3 is 14.8 Å². The molecule has 2 aromatic rings. The van der Waals surface area contributed by atoms with Crippen molar-refractivity contribution in [3.05, 3.63) is 42.0 Å². The van der Waals surface area contributed by atoms with Crippen molar-refractivity contribution in [3.63, 3.8) is 0 Å². The summed E-state index contributed by atoms with van der Waals surface area (Å²) in [5, 5.41) is 2.98. The lowest BCUT2D eigenvalue weighted by Crippen LogP contribution is -2.07. The van der Waals surface area contributed by atoms with E-state index in [1.807, 2.05) is 18.2 Å². The van der Waals surface area contributed by atoms with Gasteiger partial charge in [0.15, 0.2) is 5.82 Å². The van der Waals surface area contributed by atoms with E-state index in [-0.39, 0.29) is 0 Å². The predicted molar refractivity (Wildman–Crippen MR) is 75.7 cm³/mol. The first kappa shape index (κ1) is 14.2. The molecule has 20 heavy (non-hydrogen) atoms. The summed E-state index contributed by atoms with van der Waals surface area (Å²) in [5.74, 6) is 1.83. The highest BCUT2D eigenvalue weighted by Gasteiger charge is 2.05. The predicted octanol–water partition coefficient (Wildman–Crippen LogP) is 1.68. The van der Waals surface area contributed by atoms with Gasteiger partial charge in [-0.2, -0.15) is 4.98 Å². The molecule has 0 saturated carbocycles. The Morgan fingerprint density at radius 1 is 1.25 bits per heavy atom. The maximum atomic E-state index is 5.65. The lowest BCUT2D eigenvalue weighted by Gasteiger charge is -2.08. The first-order chi connectivity index (χ1) is 9.81. The number of aromatic nitrogens is 3. The van der Waals surface area contributed by atoms with E-state index in [0.29, 0.717) is 30.7 Å². The van der Waals surface area contributed by atoms with Crippen LogP contribution in [0.1, 0.15) is 11.5 Å². The first-order valence-corrected chi connectivity index (χ1v) is 6.39. The number of nitrogens with one attached hydrogen (secondary N) is 1. The van der Waals surface area contributed by atoms with Crippen LogP contribution >= 0.6 is 0 Å². The standard InChI is InChI=1S/C14H18N4O2/c1-15-12-9-14(18-13(17-12)10-19-2)20-8-6-11-5-3-4-7-16-11/h3-5,7,9H,6,8,10H2,1-2H3,(H,15,17,18). The molecule has 0 fully saturated rings. The van der Waals surface area contributed by atoms with Crippen LogP contribution in [0.5, 0.6) is 5.88 Å². The van der Waals surface area contributed by atoms with Gasteiger partial charge in [0.05, 0.1) is 6.61 Å². The molecule has 2 heterocycles. The van der Waals surface area contributed by atoms with Crippen LogP contribution in [0, 0.1) is 0 Å². The van der Waals surface area contributed by atoms with Gasteiger partial charge in [-0.1, -0.05) is 6.07 Å². The van der Waals surface area contributed by atoms with Crippen LogP contribution in [0.15, 0.2) is 30.5 Å². The largest absolute Gasteiger partial charge is 0.477 e. The Hall–Kier alpha value is -2.21. The number of anilines is 1. The van der Waals surface area contributed by atoms with Crippen LogP contribution < -0.4 is 10.1 Å². The minimum atomic E-state index is 0.353. The number of ether oxygens (including phenoxy) is 2. The highest BCUT2D eigenvalue weighted by Crippen LogP contribution is 2.14. The average molecular weight is 274 g/mol. The number of nitrogens with zero attached hydrogens (tertiary/aromatic N) is 3. The summed E-state index contributed by atoms with van der Waals surface area (Å²) in [6, 6.07) is 7.59. The molecule has 6 heteroatoms. The Morgan fingerprint density at radius 3 is 2.85 bits per heavy atom. The molecule has 0 aliphatic heterocycles. The van der Waals surface area contributed by atoms with Crippen molar-refractivity contribution in [3.8, 4) is 5.88 Å². The Balaban J connectivity index is 1.96.